The van der Waals surface area contributed by atoms with Crippen molar-refractivity contribution in [2.75, 3.05) is 0 Å². The Morgan fingerprint density at radius 1 is 1.47 bits per heavy atom. The van der Waals surface area contributed by atoms with E-state index in [0.717, 1.165) is 5.52 Å². The van der Waals surface area contributed by atoms with E-state index in [0.29, 0.717) is 5.39 Å². The molecule has 0 saturated heterocycles. The second-order valence-corrected chi connectivity index (χ2v) is 3.22. The summed E-state index contributed by atoms with van der Waals surface area (Å²) in [5.74, 6) is -1.08. The molecule has 0 atom stereocenters. The number of fused-ring (bicyclic) bond motifs is 1. The van der Waals surface area contributed by atoms with Gasteiger partial charge in [0, 0.05) is 18.0 Å². The highest BCUT2D eigenvalue weighted by Crippen LogP contribution is 2.24. The van der Waals surface area contributed by atoms with Crippen LogP contribution >= 0.6 is 0 Å². The highest BCUT2D eigenvalue weighted by molar-refractivity contribution is 6.00. The number of aromatic nitrogens is 1. The molecule has 1 aromatic carbocycles. The van der Waals surface area contributed by atoms with E-state index < -0.39 is 5.97 Å². The maximum absolute atomic E-state index is 11.0. The Morgan fingerprint density at radius 3 is 2.73 bits per heavy atom. The highest BCUT2D eigenvalue weighted by atomic mass is 16.4. The number of hydrogen-bond donors (Lipinski definition) is 1. The Kier molecular flexibility index (Phi) is 1.94. The molecule has 0 unspecified atom stereocenters. The first-order valence-electron chi connectivity index (χ1n) is 4.37. The van der Waals surface area contributed by atoms with E-state index in [2.05, 4.69) is 0 Å². The molecule has 0 spiro atoms. The van der Waals surface area contributed by atoms with Crippen LogP contribution in [0.4, 0.5) is 0 Å². The van der Waals surface area contributed by atoms with Gasteiger partial charge in [-0.1, -0.05) is 18.2 Å². The summed E-state index contributed by atoms with van der Waals surface area (Å²) < 4.78 is 1.52. The zero-order valence-electron chi connectivity index (χ0n) is 8.06. The standard InChI is InChI=1S/C11H8N2O2/c1-13-9-5-3-2-4-7(9)8(6-12)10(13)11(14)15/h2-5H,1H3,(H,14,15). The van der Waals surface area contributed by atoms with Gasteiger partial charge in [0.05, 0.1) is 5.56 Å². The lowest BCUT2D eigenvalue weighted by Crippen LogP contribution is -2.05. The molecule has 2 aromatic rings. The molecule has 4 nitrogen and oxygen atoms in total. The highest BCUT2D eigenvalue weighted by Gasteiger charge is 2.19. The number of rotatable bonds is 1. The minimum atomic E-state index is -1.08. The molecule has 1 aromatic heterocycles. The van der Waals surface area contributed by atoms with Gasteiger partial charge in [-0.05, 0) is 6.07 Å². The first-order chi connectivity index (χ1) is 7.16. The monoisotopic (exact) mass is 200 g/mol. The predicted molar refractivity (Wildman–Crippen MR) is 54.6 cm³/mol. The van der Waals surface area contributed by atoms with Gasteiger partial charge >= 0.3 is 5.97 Å². The molecular weight excluding hydrogens is 192 g/mol. The fraction of sp³-hybridized carbons (Fsp3) is 0.0909. The van der Waals surface area contributed by atoms with Crippen LogP contribution in [0.1, 0.15) is 16.1 Å². The molecule has 0 radical (unpaired) electrons. The molecule has 4 heteroatoms. The van der Waals surface area contributed by atoms with E-state index in [4.69, 9.17) is 10.4 Å². The van der Waals surface area contributed by atoms with Gasteiger partial charge in [-0.25, -0.2) is 4.79 Å². The zero-order chi connectivity index (χ0) is 11.0. The molecular formula is C11H8N2O2. The Hall–Kier alpha value is -2.28. The van der Waals surface area contributed by atoms with Crippen LogP contribution in [0.25, 0.3) is 10.9 Å². The fourth-order valence-corrected chi connectivity index (χ4v) is 1.76. The van der Waals surface area contributed by atoms with Crippen LogP contribution in [0, 0.1) is 11.3 Å². The minimum Gasteiger partial charge on any atom is -0.477 e. The van der Waals surface area contributed by atoms with Gasteiger partial charge in [0.2, 0.25) is 0 Å². The lowest BCUT2D eigenvalue weighted by Gasteiger charge is -1.97. The smallest absolute Gasteiger partial charge is 0.353 e. The van der Waals surface area contributed by atoms with Crippen LogP contribution in [0.2, 0.25) is 0 Å². The van der Waals surface area contributed by atoms with E-state index >= 15 is 0 Å². The number of nitrogens with zero attached hydrogens (tertiary/aromatic N) is 2. The molecule has 1 N–H and O–H groups in total. The zero-order valence-corrected chi connectivity index (χ0v) is 8.06. The summed E-state index contributed by atoms with van der Waals surface area (Å²) in [6.45, 7) is 0. The topological polar surface area (TPSA) is 66.0 Å². The molecule has 2 rings (SSSR count). The largest absolute Gasteiger partial charge is 0.477 e. The number of aryl methyl sites for hydroxylation is 1. The molecule has 15 heavy (non-hydrogen) atoms. The molecule has 0 fully saturated rings. The van der Waals surface area contributed by atoms with Crippen molar-refractivity contribution in [3.05, 3.63) is 35.5 Å². The number of para-hydroxylation sites is 1. The van der Waals surface area contributed by atoms with Crippen molar-refractivity contribution in [1.82, 2.24) is 4.57 Å². The number of carboxylic acid groups (broad SMARTS) is 1. The summed E-state index contributed by atoms with van der Waals surface area (Å²) in [6, 6.07) is 9.08. The molecule has 74 valence electrons. The minimum absolute atomic E-state index is 0.0405. The van der Waals surface area contributed by atoms with Gasteiger partial charge in [0.1, 0.15) is 11.8 Å². The van der Waals surface area contributed by atoms with Gasteiger partial charge in [-0.3, -0.25) is 0 Å². The Morgan fingerprint density at radius 2 is 2.13 bits per heavy atom. The van der Waals surface area contributed by atoms with E-state index in [1.54, 1.807) is 25.2 Å². The summed E-state index contributed by atoms with van der Waals surface area (Å²) in [5.41, 5.74) is 1.02. The Balaban J connectivity index is 2.98. The maximum atomic E-state index is 11.0. The fourth-order valence-electron chi connectivity index (χ4n) is 1.76. The number of carboxylic acids is 1. The van der Waals surface area contributed by atoms with Crippen LogP contribution in [-0.2, 0) is 7.05 Å². The van der Waals surface area contributed by atoms with Gasteiger partial charge < -0.3 is 9.67 Å². The third kappa shape index (κ3) is 1.17. The molecule has 0 aliphatic heterocycles. The molecule has 0 saturated carbocycles. The maximum Gasteiger partial charge on any atom is 0.353 e. The van der Waals surface area contributed by atoms with Crippen molar-refractivity contribution >= 4 is 16.9 Å². The van der Waals surface area contributed by atoms with Crippen molar-refractivity contribution < 1.29 is 9.90 Å². The molecule has 0 aliphatic rings. The first kappa shape index (κ1) is 9.28. The summed E-state index contributed by atoms with van der Waals surface area (Å²) in [5, 5.41) is 18.6. The second kappa shape index (κ2) is 3.14. The number of carbonyl (C=O) groups is 1. The van der Waals surface area contributed by atoms with Crippen molar-refractivity contribution in [3.63, 3.8) is 0 Å². The van der Waals surface area contributed by atoms with E-state index in [1.807, 2.05) is 12.1 Å². The lowest BCUT2D eigenvalue weighted by molar-refractivity contribution is 0.0686. The third-order valence-electron chi connectivity index (χ3n) is 2.42. The SMILES string of the molecule is Cn1c(C(=O)O)c(C#N)c2ccccc21. The lowest BCUT2D eigenvalue weighted by atomic mass is 10.1. The van der Waals surface area contributed by atoms with Crippen molar-refractivity contribution in [3.8, 4) is 6.07 Å². The summed E-state index contributed by atoms with van der Waals surface area (Å²) in [4.78, 5) is 11.0. The average molecular weight is 200 g/mol. The predicted octanol–water partition coefficient (Wildman–Crippen LogP) is 1.75. The van der Waals surface area contributed by atoms with Crippen molar-refractivity contribution in [2.45, 2.75) is 0 Å². The van der Waals surface area contributed by atoms with Crippen LogP contribution in [-0.4, -0.2) is 15.6 Å². The quantitative estimate of drug-likeness (QED) is 0.762. The number of benzene rings is 1. The van der Waals surface area contributed by atoms with E-state index in [1.165, 1.54) is 4.57 Å². The number of hydrogen-bond acceptors (Lipinski definition) is 2. The normalized spacial score (nSPS) is 10.1. The number of nitriles is 1. The Labute approximate surface area is 86.0 Å². The van der Waals surface area contributed by atoms with Crippen molar-refractivity contribution in [2.24, 2.45) is 7.05 Å². The van der Waals surface area contributed by atoms with Crippen LogP contribution in [0.15, 0.2) is 24.3 Å². The van der Waals surface area contributed by atoms with Crippen molar-refractivity contribution in [1.29, 1.82) is 5.26 Å². The van der Waals surface area contributed by atoms with Crippen LogP contribution in [0.5, 0.6) is 0 Å². The molecule has 0 amide bonds. The summed E-state index contributed by atoms with van der Waals surface area (Å²) >= 11 is 0. The molecule has 0 bridgehead atoms. The van der Waals surface area contributed by atoms with Gasteiger partial charge in [-0.2, -0.15) is 5.26 Å². The van der Waals surface area contributed by atoms with Crippen LogP contribution < -0.4 is 0 Å². The second-order valence-electron chi connectivity index (χ2n) is 3.22. The number of aromatic carboxylic acids is 1. The third-order valence-corrected chi connectivity index (χ3v) is 2.42. The van der Waals surface area contributed by atoms with Gasteiger partial charge in [-0.15, -0.1) is 0 Å². The summed E-state index contributed by atoms with van der Waals surface area (Å²) in [6.07, 6.45) is 0. The van der Waals surface area contributed by atoms with Gasteiger partial charge in [0.25, 0.3) is 0 Å². The molecule has 1 heterocycles. The Bertz CT molecular complexity index is 590. The van der Waals surface area contributed by atoms with E-state index in [-0.39, 0.29) is 11.3 Å². The first-order valence-corrected chi connectivity index (χ1v) is 4.37. The van der Waals surface area contributed by atoms with Crippen LogP contribution in [0.3, 0.4) is 0 Å². The van der Waals surface area contributed by atoms with E-state index in [9.17, 15) is 4.79 Å². The summed E-state index contributed by atoms with van der Waals surface area (Å²) in [7, 11) is 1.65. The molecule has 0 aliphatic carbocycles. The van der Waals surface area contributed by atoms with Gasteiger partial charge in [0.15, 0.2) is 0 Å². The average Bonchev–Trinajstić information content (AvgIpc) is 2.52.